The second kappa shape index (κ2) is 6.78. The zero-order valence-corrected chi connectivity index (χ0v) is 14.4. The molecule has 0 saturated carbocycles. The molecule has 1 saturated heterocycles. The van der Waals surface area contributed by atoms with Gasteiger partial charge in [-0.15, -0.1) is 0 Å². The number of oxazole rings is 1. The summed E-state index contributed by atoms with van der Waals surface area (Å²) in [6.45, 7) is 1.14. The Balaban J connectivity index is 1.48. The lowest BCUT2D eigenvalue weighted by atomic mass is 9.96. The Kier molecular flexibility index (Phi) is 4.32. The minimum atomic E-state index is -0.449. The highest BCUT2D eigenvalue weighted by atomic mass is 19.1. The number of amides is 1. The monoisotopic (exact) mass is 354 g/mol. The second-order valence-corrected chi connectivity index (χ2v) is 6.43. The first-order valence-corrected chi connectivity index (χ1v) is 8.64. The Labute approximate surface area is 150 Å². The van der Waals surface area contributed by atoms with Crippen LogP contribution in [0, 0.1) is 5.82 Å². The summed E-state index contributed by atoms with van der Waals surface area (Å²) in [5, 5.41) is 0. The van der Waals surface area contributed by atoms with Crippen molar-refractivity contribution >= 4 is 17.0 Å². The van der Waals surface area contributed by atoms with E-state index in [-0.39, 0.29) is 17.4 Å². The standard InChI is InChI=1S/C20H19FN2O3/c1-25-17-7-6-14(21)12-15(17)20(24)23-10-8-13(9-11-23)19-22-16-4-2-3-5-18(16)26-19/h2-7,12-13H,8-11H2,1H3. The van der Waals surface area contributed by atoms with Crippen molar-refractivity contribution in [3.63, 3.8) is 0 Å². The summed E-state index contributed by atoms with van der Waals surface area (Å²) < 4.78 is 24.6. The molecule has 2 heterocycles. The number of ether oxygens (including phenoxy) is 1. The fourth-order valence-corrected chi connectivity index (χ4v) is 3.41. The van der Waals surface area contributed by atoms with E-state index in [0.29, 0.717) is 18.8 Å². The van der Waals surface area contributed by atoms with Crippen molar-refractivity contribution in [3.05, 3.63) is 59.7 Å². The second-order valence-electron chi connectivity index (χ2n) is 6.43. The molecule has 0 N–H and O–H groups in total. The summed E-state index contributed by atoms with van der Waals surface area (Å²) in [5.74, 6) is 0.632. The smallest absolute Gasteiger partial charge is 0.257 e. The lowest BCUT2D eigenvalue weighted by Gasteiger charge is -2.31. The van der Waals surface area contributed by atoms with E-state index in [1.165, 1.54) is 25.3 Å². The Morgan fingerprint density at radius 3 is 2.73 bits per heavy atom. The molecule has 26 heavy (non-hydrogen) atoms. The number of rotatable bonds is 3. The van der Waals surface area contributed by atoms with Gasteiger partial charge in [0.2, 0.25) is 0 Å². The first-order chi connectivity index (χ1) is 12.7. The maximum absolute atomic E-state index is 13.5. The zero-order valence-electron chi connectivity index (χ0n) is 14.4. The molecule has 1 fully saturated rings. The topological polar surface area (TPSA) is 55.6 Å². The summed E-state index contributed by atoms with van der Waals surface area (Å²) in [4.78, 5) is 19.1. The number of hydrogen-bond acceptors (Lipinski definition) is 4. The quantitative estimate of drug-likeness (QED) is 0.713. The van der Waals surface area contributed by atoms with E-state index < -0.39 is 5.82 Å². The van der Waals surface area contributed by atoms with Gasteiger partial charge in [0.1, 0.15) is 17.1 Å². The van der Waals surface area contributed by atoms with Crippen molar-refractivity contribution in [2.75, 3.05) is 20.2 Å². The molecule has 1 aliphatic rings. The van der Waals surface area contributed by atoms with Gasteiger partial charge in [0, 0.05) is 19.0 Å². The van der Waals surface area contributed by atoms with Gasteiger partial charge >= 0.3 is 0 Å². The van der Waals surface area contributed by atoms with Gasteiger partial charge in [-0.05, 0) is 43.2 Å². The van der Waals surface area contributed by atoms with E-state index in [9.17, 15) is 9.18 Å². The SMILES string of the molecule is COc1ccc(F)cc1C(=O)N1CCC(c2nc3ccccc3o2)CC1. The van der Waals surface area contributed by atoms with E-state index in [4.69, 9.17) is 9.15 Å². The van der Waals surface area contributed by atoms with Crippen LogP contribution in [-0.2, 0) is 0 Å². The predicted molar refractivity (Wildman–Crippen MR) is 94.8 cm³/mol. The van der Waals surface area contributed by atoms with Gasteiger partial charge in [-0.3, -0.25) is 4.79 Å². The summed E-state index contributed by atoms with van der Waals surface area (Å²) in [6, 6.07) is 11.7. The third-order valence-corrected chi connectivity index (χ3v) is 4.83. The molecule has 6 heteroatoms. The summed E-state index contributed by atoms with van der Waals surface area (Å²) in [6.07, 6.45) is 1.52. The number of carbonyl (C=O) groups is 1. The fraction of sp³-hybridized carbons (Fsp3) is 0.300. The molecular formula is C20H19FN2O3. The molecule has 5 nitrogen and oxygen atoms in total. The molecule has 3 aromatic rings. The maximum atomic E-state index is 13.5. The molecule has 1 aromatic heterocycles. The molecule has 0 bridgehead atoms. The number of benzene rings is 2. The van der Waals surface area contributed by atoms with E-state index in [1.54, 1.807) is 4.90 Å². The van der Waals surface area contributed by atoms with Gasteiger partial charge in [0.15, 0.2) is 11.5 Å². The van der Waals surface area contributed by atoms with Crippen molar-refractivity contribution in [3.8, 4) is 5.75 Å². The van der Waals surface area contributed by atoms with Crippen molar-refractivity contribution < 1.29 is 18.3 Å². The Morgan fingerprint density at radius 2 is 2.00 bits per heavy atom. The van der Waals surface area contributed by atoms with E-state index in [2.05, 4.69) is 4.98 Å². The molecule has 1 aliphatic heterocycles. The lowest BCUT2D eigenvalue weighted by molar-refractivity contribution is 0.0703. The number of nitrogens with zero attached hydrogens (tertiary/aromatic N) is 2. The molecule has 2 aromatic carbocycles. The number of hydrogen-bond donors (Lipinski definition) is 0. The molecule has 0 spiro atoms. The van der Waals surface area contributed by atoms with Gasteiger partial charge in [-0.25, -0.2) is 9.37 Å². The lowest BCUT2D eigenvalue weighted by Crippen LogP contribution is -2.38. The van der Waals surface area contributed by atoms with Crippen LogP contribution in [-0.4, -0.2) is 36.0 Å². The molecule has 0 radical (unpaired) electrons. The maximum Gasteiger partial charge on any atom is 0.257 e. The average Bonchev–Trinajstić information content (AvgIpc) is 3.12. The number of fused-ring (bicyclic) bond motifs is 1. The van der Waals surface area contributed by atoms with Crippen LogP contribution in [0.15, 0.2) is 46.9 Å². The van der Waals surface area contributed by atoms with Crippen LogP contribution in [0.3, 0.4) is 0 Å². The largest absolute Gasteiger partial charge is 0.496 e. The summed E-state index contributed by atoms with van der Waals surface area (Å²) >= 11 is 0. The number of halogens is 1. The molecule has 0 unspecified atom stereocenters. The predicted octanol–water partition coefficient (Wildman–Crippen LogP) is 4.00. The van der Waals surface area contributed by atoms with Crippen LogP contribution in [0.5, 0.6) is 5.75 Å². The molecule has 4 rings (SSSR count). The Hall–Kier alpha value is -2.89. The van der Waals surface area contributed by atoms with Crippen molar-refractivity contribution in [1.29, 1.82) is 0 Å². The van der Waals surface area contributed by atoms with Crippen LogP contribution in [0.1, 0.15) is 35.0 Å². The van der Waals surface area contributed by atoms with Crippen LogP contribution in [0.2, 0.25) is 0 Å². The number of aromatic nitrogens is 1. The van der Waals surface area contributed by atoms with Gasteiger partial charge in [-0.1, -0.05) is 12.1 Å². The molecular weight excluding hydrogens is 335 g/mol. The highest BCUT2D eigenvalue weighted by Gasteiger charge is 2.28. The highest BCUT2D eigenvalue weighted by Crippen LogP contribution is 2.31. The Morgan fingerprint density at radius 1 is 1.23 bits per heavy atom. The number of carbonyl (C=O) groups excluding carboxylic acids is 1. The fourth-order valence-electron chi connectivity index (χ4n) is 3.41. The zero-order chi connectivity index (χ0) is 18.1. The van der Waals surface area contributed by atoms with E-state index in [1.807, 2.05) is 24.3 Å². The molecule has 134 valence electrons. The first kappa shape index (κ1) is 16.6. The molecule has 0 aliphatic carbocycles. The molecule has 0 atom stereocenters. The minimum absolute atomic E-state index is 0.181. The summed E-state index contributed by atoms with van der Waals surface area (Å²) in [5.41, 5.74) is 1.89. The third kappa shape index (κ3) is 3.03. The van der Waals surface area contributed by atoms with Gasteiger partial charge < -0.3 is 14.1 Å². The van der Waals surface area contributed by atoms with Crippen LogP contribution < -0.4 is 4.74 Å². The number of likely N-dealkylation sites (tertiary alicyclic amines) is 1. The van der Waals surface area contributed by atoms with Crippen molar-refractivity contribution in [2.45, 2.75) is 18.8 Å². The van der Waals surface area contributed by atoms with Crippen LogP contribution >= 0.6 is 0 Å². The minimum Gasteiger partial charge on any atom is -0.496 e. The average molecular weight is 354 g/mol. The third-order valence-electron chi connectivity index (χ3n) is 4.83. The Bertz CT molecular complexity index is 912. The van der Waals surface area contributed by atoms with Gasteiger partial charge in [0.05, 0.1) is 12.7 Å². The molecule has 1 amide bonds. The highest BCUT2D eigenvalue weighted by molar-refractivity contribution is 5.97. The first-order valence-electron chi connectivity index (χ1n) is 8.64. The number of methoxy groups -OCH3 is 1. The van der Waals surface area contributed by atoms with E-state index >= 15 is 0 Å². The van der Waals surface area contributed by atoms with Crippen molar-refractivity contribution in [2.24, 2.45) is 0 Å². The number of para-hydroxylation sites is 2. The normalized spacial score (nSPS) is 15.4. The van der Waals surface area contributed by atoms with Gasteiger partial charge in [0.25, 0.3) is 5.91 Å². The van der Waals surface area contributed by atoms with Crippen molar-refractivity contribution in [1.82, 2.24) is 9.88 Å². The van der Waals surface area contributed by atoms with Crippen LogP contribution in [0.4, 0.5) is 4.39 Å². The number of piperidine rings is 1. The van der Waals surface area contributed by atoms with Crippen LogP contribution in [0.25, 0.3) is 11.1 Å². The van der Waals surface area contributed by atoms with Gasteiger partial charge in [-0.2, -0.15) is 0 Å². The summed E-state index contributed by atoms with van der Waals surface area (Å²) in [7, 11) is 1.48. The van der Waals surface area contributed by atoms with E-state index in [0.717, 1.165) is 29.8 Å².